The first kappa shape index (κ1) is 18.2. The summed E-state index contributed by atoms with van der Waals surface area (Å²) in [5.74, 6) is -2.25. The molecule has 0 N–H and O–H groups in total. The summed E-state index contributed by atoms with van der Waals surface area (Å²) in [7, 11) is 0. The van der Waals surface area contributed by atoms with Crippen molar-refractivity contribution in [1.29, 1.82) is 0 Å². The minimum Gasteiger partial charge on any atom is -0.441 e. The lowest BCUT2D eigenvalue weighted by atomic mass is 10.1. The minimum atomic E-state index is -4.90. The highest BCUT2D eigenvalue weighted by Crippen LogP contribution is 2.26. The van der Waals surface area contributed by atoms with Crippen LogP contribution in [0.3, 0.4) is 0 Å². The van der Waals surface area contributed by atoms with Gasteiger partial charge in [-0.05, 0) is 18.6 Å². The summed E-state index contributed by atoms with van der Waals surface area (Å²) in [6.07, 6.45) is -5.02. The van der Waals surface area contributed by atoms with Crippen molar-refractivity contribution < 1.29 is 27.5 Å². The van der Waals surface area contributed by atoms with Crippen molar-refractivity contribution in [3.63, 3.8) is 0 Å². The van der Waals surface area contributed by atoms with Gasteiger partial charge in [-0.1, -0.05) is 44.4 Å². The largest absolute Gasteiger partial charge is 0.441 e. The monoisotopic (exact) mass is 316 g/mol. The van der Waals surface area contributed by atoms with Crippen LogP contribution in [-0.4, -0.2) is 24.0 Å². The number of ketones is 1. The lowest BCUT2D eigenvalue weighted by molar-refractivity contribution is -0.204. The summed E-state index contributed by atoms with van der Waals surface area (Å²) in [4.78, 5) is 23.4. The standard InChI is InChI=1S/C16H19F3O3/c1-2-3-4-8-11-13(20)14(16(17,18)19)22-15(21)12-9-6-5-7-10-12/h5-7,9-10,14H,2-4,8,11H2,1H3. The number of benzene rings is 1. The Kier molecular flexibility index (Phi) is 7.08. The van der Waals surface area contributed by atoms with Gasteiger partial charge in [-0.3, -0.25) is 4.79 Å². The van der Waals surface area contributed by atoms with Gasteiger partial charge in [0.05, 0.1) is 5.56 Å². The summed E-state index contributed by atoms with van der Waals surface area (Å²) in [6.45, 7) is 1.96. The number of alkyl halides is 3. The molecular formula is C16H19F3O3. The maximum atomic E-state index is 12.9. The molecule has 0 aromatic heterocycles. The van der Waals surface area contributed by atoms with Crippen molar-refractivity contribution >= 4 is 11.8 Å². The van der Waals surface area contributed by atoms with E-state index in [-0.39, 0.29) is 12.0 Å². The second-order valence-corrected chi connectivity index (χ2v) is 4.97. The Labute approximate surface area is 127 Å². The van der Waals surface area contributed by atoms with Crippen LogP contribution in [0.4, 0.5) is 13.2 Å². The van der Waals surface area contributed by atoms with Crippen LogP contribution < -0.4 is 0 Å². The van der Waals surface area contributed by atoms with Crippen LogP contribution in [0.2, 0.25) is 0 Å². The first-order valence-electron chi connectivity index (χ1n) is 7.21. The molecule has 3 nitrogen and oxygen atoms in total. The molecule has 0 radical (unpaired) electrons. The number of Topliss-reactive ketones (excluding diaryl/α,β-unsaturated/α-hetero) is 1. The Hall–Kier alpha value is -1.85. The second-order valence-electron chi connectivity index (χ2n) is 4.97. The highest BCUT2D eigenvalue weighted by Gasteiger charge is 2.47. The van der Waals surface area contributed by atoms with E-state index < -0.39 is 24.0 Å². The lowest BCUT2D eigenvalue weighted by Crippen LogP contribution is -2.40. The quantitative estimate of drug-likeness (QED) is 0.530. The maximum absolute atomic E-state index is 12.9. The number of rotatable bonds is 8. The Morgan fingerprint density at radius 2 is 1.73 bits per heavy atom. The fraction of sp³-hybridized carbons (Fsp3) is 0.500. The van der Waals surface area contributed by atoms with Gasteiger partial charge in [0.2, 0.25) is 0 Å². The van der Waals surface area contributed by atoms with E-state index in [2.05, 4.69) is 4.74 Å². The Morgan fingerprint density at radius 3 is 2.27 bits per heavy atom. The molecule has 0 spiro atoms. The summed E-state index contributed by atoms with van der Waals surface area (Å²) >= 11 is 0. The minimum absolute atomic E-state index is 0.0180. The molecule has 0 aliphatic carbocycles. The van der Waals surface area contributed by atoms with E-state index in [0.717, 1.165) is 12.8 Å². The van der Waals surface area contributed by atoms with Gasteiger partial charge >= 0.3 is 12.1 Å². The summed E-state index contributed by atoms with van der Waals surface area (Å²) in [5.41, 5.74) is -0.0180. The SMILES string of the molecule is CCCCCCC(=O)C(OC(=O)c1ccccc1)C(F)(F)F. The fourth-order valence-corrected chi connectivity index (χ4v) is 1.92. The second kappa shape index (κ2) is 8.56. The first-order chi connectivity index (χ1) is 10.4. The molecule has 0 aliphatic rings. The molecule has 1 aromatic carbocycles. The van der Waals surface area contributed by atoms with Crippen molar-refractivity contribution in [2.24, 2.45) is 0 Å². The predicted octanol–water partition coefficient (Wildman–Crippen LogP) is 4.31. The summed E-state index contributed by atoms with van der Waals surface area (Å²) in [6, 6.07) is 7.30. The zero-order valence-electron chi connectivity index (χ0n) is 12.4. The van der Waals surface area contributed by atoms with Crippen LogP contribution in [0, 0.1) is 0 Å². The molecular weight excluding hydrogens is 297 g/mol. The molecule has 0 heterocycles. The van der Waals surface area contributed by atoms with E-state index in [1.807, 2.05) is 6.92 Å². The lowest BCUT2D eigenvalue weighted by Gasteiger charge is -2.19. The van der Waals surface area contributed by atoms with Gasteiger partial charge in [-0.15, -0.1) is 0 Å². The normalized spacial score (nSPS) is 12.7. The Balaban J connectivity index is 2.69. The van der Waals surface area contributed by atoms with E-state index in [1.54, 1.807) is 6.07 Å². The number of esters is 1. The zero-order valence-corrected chi connectivity index (χ0v) is 12.4. The molecule has 122 valence electrons. The highest BCUT2D eigenvalue weighted by atomic mass is 19.4. The van der Waals surface area contributed by atoms with Crippen LogP contribution >= 0.6 is 0 Å². The van der Waals surface area contributed by atoms with Gasteiger partial charge in [0.25, 0.3) is 6.10 Å². The van der Waals surface area contributed by atoms with Gasteiger partial charge in [-0.25, -0.2) is 4.79 Å². The van der Waals surface area contributed by atoms with Crippen LogP contribution in [-0.2, 0) is 9.53 Å². The average molecular weight is 316 g/mol. The number of carbonyl (C=O) groups excluding carboxylic acids is 2. The molecule has 0 saturated heterocycles. The highest BCUT2D eigenvalue weighted by molar-refractivity contribution is 5.93. The average Bonchev–Trinajstić information content (AvgIpc) is 2.48. The van der Waals surface area contributed by atoms with Gasteiger partial charge in [0, 0.05) is 6.42 Å². The van der Waals surface area contributed by atoms with Gasteiger partial charge in [0.1, 0.15) is 0 Å². The van der Waals surface area contributed by atoms with Crippen molar-refractivity contribution in [1.82, 2.24) is 0 Å². The maximum Gasteiger partial charge on any atom is 0.432 e. The molecule has 1 unspecified atom stereocenters. The van der Waals surface area contributed by atoms with Crippen LogP contribution in [0.15, 0.2) is 30.3 Å². The Morgan fingerprint density at radius 1 is 1.09 bits per heavy atom. The molecule has 22 heavy (non-hydrogen) atoms. The third-order valence-corrected chi connectivity index (χ3v) is 3.10. The topological polar surface area (TPSA) is 43.4 Å². The van der Waals surface area contributed by atoms with Crippen LogP contribution in [0.1, 0.15) is 49.4 Å². The zero-order chi connectivity index (χ0) is 16.6. The van der Waals surface area contributed by atoms with E-state index in [9.17, 15) is 22.8 Å². The molecule has 0 aliphatic heterocycles. The predicted molar refractivity (Wildman–Crippen MR) is 75.5 cm³/mol. The number of halogens is 3. The van der Waals surface area contributed by atoms with E-state index in [0.29, 0.717) is 12.8 Å². The van der Waals surface area contributed by atoms with Crippen molar-refractivity contribution in [3.8, 4) is 0 Å². The number of ether oxygens (including phenoxy) is 1. The molecule has 1 atom stereocenters. The molecule has 0 amide bonds. The third kappa shape index (κ3) is 5.87. The summed E-state index contributed by atoms with van der Waals surface area (Å²) < 4.78 is 43.2. The number of hydrogen-bond donors (Lipinski definition) is 0. The first-order valence-corrected chi connectivity index (χ1v) is 7.21. The fourth-order valence-electron chi connectivity index (χ4n) is 1.92. The van der Waals surface area contributed by atoms with Crippen molar-refractivity contribution in [2.75, 3.05) is 0 Å². The molecule has 0 bridgehead atoms. The van der Waals surface area contributed by atoms with Crippen molar-refractivity contribution in [2.45, 2.75) is 51.3 Å². The van der Waals surface area contributed by atoms with Crippen molar-refractivity contribution in [3.05, 3.63) is 35.9 Å². The number of hydrogen-bond acceptors (Lipinski definition) is 3. The van der Waals surface area contributed by atoms with E-state index >= 15 is 0 Å². The van der Waals surface area contributed by atoms with E-state index in [1.165, 1.54) is 24.3 Å². The Bertz CT molecular complexity index is 483. The van der Waals surface area contributed by atoms with Gasteiger partial charge in [-0.2, -0.15) is 13.2 Å². The molecule has 0 saturated carbocycles. The van der Waals surface area contributed by atoms with Crippen LogP contribution in [0.5, 0.6) is 0 Å². The number of unbranched alkanes of at least 4 members (excludes halogenated alkanes) is 3. The molecule has 0 fully saturated rings. The van der Waals surface area contributed by atoms with Crippen LogP contribution in [0.25, 0.3) is 0 Å². The summed E-state index contributed by atoms with van der Waals surface area (Å²) in [5, 5.41) is 0. The van der Waals surface area contributed by atoms with Gasteiger partial charge in [0.15, 0.2) is 5.78 Å². The van der Waals surface area contributed by atoms with Gasteiger partial charge < -0.3 is 4.74 Å². The molecule has 1 rings (SSSR count). The smallest absolute Gasteiger partial charge is 0.432 e. The molecule has 1 aromatic rings. The number of carbonyl (C=O) groups is 2. The molecule has 6 heteroatoms. The third-order valence-electron chi connectivity index (χ3n) is 3.10. The van der Waals surface area contributed by atoms with E-state index in [4.69, 9.17) is 0 Å².